The molecule has 2 aromatic carbocycles. The van der Waals surface area contributed by atoms with Crippen molar-refractivity contribution in [3.05, 3.63) is 65.5 Å². The summed E-state index contributed by atoms with van der Waals surface area (Å²) in [5.41, 5.74) is 1.41. The van der Waals surface area contributed by atoms with Crippen LogP contribution in [0.15, 0.2) is 48.5 Å². The Bertz CT molecular complexity index is 732. The first-order chi connectivity index (χ1) is 12.0. The van der Waals surface area contributed by atoms with Gasteiger partial charge < -0.3 is 15.4 Å². The lowest BCUT2D eigenvalue weighted by Crippen LogP contribution is -2.33. The van der Waals surface area contributed by atoms with E-state index >= 15 is 0 Å². The Balaban J connectivity index is 1.83. The van der Waals surface area contributed by atoms with Crippen molar-refractivity contribution in [3.63, 3.8) is 0 Å². The van der Waals surface area contributed by atoms with Crippen molar-refractivity contribution < 1.29 is 18.7 Å². The zero-order valence-electron chi connectivity index (χ0n) is 14.2. The zero-order chi connectivity index (χ0) is 18.2. The number of carbonyl (C=O) groups excluding carboxylic acids is 2. The maximum absolute atomic E-state index is 13.5. The molecule has 0 aliphatic heterocycles. The summed E-state index contributed by atoms with van der Waals surface area (Å²) in [6.45, 7) is 3.88. The Morgan fingerprint density at radius 2 is 1.76 bits per heavy atom. The van der Waals surface area contributed by atoms with Crippen LogP contribution in [0.3, 0.4) is 0 Å². The number of nitrogens with one attached hydrogen (secondary N) is 2. The van der Waals surface area contributed by atoms with Gasteiger partial charge in [-0.05, 0) is 36.8 Å². The maximum atomic E-state index is 13.5. The monoisotopic (exact) mass is 344 g/mol. The fraction of sp³-hybridized carbons (Fsp3) is 0.263. The summed E-state index contributed by atoms with van der Waals surface area (Å²) in [7, 11) is 0. The van der Waals surface area contributed by atoms with Crippen LogP contribution in [0.5, 0.6) is 5.75 Å². The number of amides is 2. The van der Waals surface area contributed by atoms with Crippen molar-refractivity contribution in [1.29, 1.82) is 0 Å². The van der Waals surface area contributed by atoms with Crippen LogP contribution < -0.4 is 15.4 Å². The minimum Gasteiger partial charge on any atom is -0.486 e. The first kappa shape index (κ1) is 18.4. The molecule has 25 heavy (non-hydrogen) atoms. The lowest BCUT2D eigenvalue weighted by atomic mass is 10.1. The summed E-state index contributed by atoms with van der Waals surface area (Å²) >= 11 is 0. The van der Waals surface area contributed by atoms with Gasteiger partial charge in [0, 0.05) is 19.0 Å². The van der Waals surface area contributed by atoms with E-state index in [2.05, 4.69) is 10.6 Å². The van der Waals surface area contributed by atoms with Gasteiger partial charge in [-0.15, -0.1) is 0 Å². The molecule has 0 saturated heterocycles. The number of halogens is 1. The third kappa shape index (κ3) is 5.91. The number of ether oxygens (including phenoxy) is 1. The van der Waals surface area contributed by atoms with Gasteiger partial charge in [0.05, 0.1) is 6.54 Å². The largest absolute Gasteiger partial charge is 0.486 e. The van der Waals surface area contributed by atoms with Crippen molar-refractivity contribution in [3.8, 4) is 5.75 Å². The number of carbonyl (C=O) groups is 2. The van der Waals surface area contributed by atoms with Crippen molar-refractivity contribution in [2.24, 2.45) is 0 Å². The summed E-state index contributed by atoms with van der Waals surface area (Å²) < 4.78 is 19.0. The van der Waals surface area contributed by atoms with Crippen LogP contribution in [0.4, 0.5) is 4.39 Å². The molecular formula is C19H21FN2O3. The predicted octanol–water partition coefficient (Wildman–Crippen LogP) is 2.66. The summed E-state index contributed by atoms with van der Waals surface area (Å²) in [6.07, 6.45) is -0.375. The SMILES string of the molecule is CC(=O)NCc1ccc(C(=O)NCC(C)Oc2ccccc2F)cc1. The molecule has 2 aromatic rings. The second-order valence-corrected chi connectivity index (χ2v) is 5.68. The van der Waals surface area contributed by atoms with Crippen LogP contribution >= 0.6 is 0 Å². The van der Waals surface area contributed by atoms with Crippen molar-refractivity contribution >= 4 is 11.8 Å². The van der Waals surface area contributed by atoms with Crippen molar-refractivity contribution in [1.82, 2.24) is 10.6 Å². The maximum Gasteiger partial charge on any atom is 0.251 e. The molecule has 2 amide bonds. The Labute approximate surface area is 146 Å². The average molecular weight is 344 g/mol. The second kappa shape index (κ2) is 8.82. The molecule has 0 bridgehead atoms. The lowest BCUT2D eigenvalue weighted by Gasteiger charge is -2.16. The molecule has 0 aliphatic rings. The highest BCUT2D eigenvalue weighted by molar-refractivity contribution is 5.94. The smallest absolute Gasteiger partial charge is 0.251 e. The Hall–Kier alpha value is -2.89. The van der Waals surface area contributed by atoms with Crippen LogP contribution in [-0.2, 0) is 11.3 Å². The topological polar surface area (TPSA) is 67.4 Å². The Kier molecular flexibility index (Phi) is 6.51. The zero-order valence-corrected chi connectivity index (χ0v) is 14.2. The molecule has 0 aromatic heterocycles. The molecule has 6 heteroatoms. The highest BCUT2D eigenvalue weighted by Gasteiger charge is 2.11. The average Bonchev–Trinajstić information content (AvgIpc) is 2.60. The van der Waals surface area contributed by atoms with Gasteiger partial charge in [-0.25, -0.2) is 4.39 Å². The minimum atomic E-state index is -0.435. The quantitative estimate of drug-likeness (QED) is 0.811. The van der Waals surface area contributed by atoms with Crippen molar-refractivity contribution in [2.45, 2.75) is 26.5 Å². The van der Waals surface area contributed by atoms with E-state index in [0.29, 0.717) is 12.1 Å². The van der Waals surface area contributed by atoms with E-state index < -0.39 is 5.82 Å². The van der Waals surface area contributed by atoms with Gasteiger partial charge in [0.25, 0.3) is 5.91 Å². The van der Waals surface area contributed by atoms with Crippen molar-refractivity contribution in [2.75, 3.05) is 6.54 Å². The second-order valence-electron chi connectivity index (χ2n) is 5.68. The number of rotatable bonds is 7. The molecule has 0 aliphatic carbocycles. The van der Waals surface area contributed by atoms with E-state index in [0.717, 1.165) is 5.56 Å². The molecule has 0 heterocycles. The number of hydrogen-bond acceptors (Lipinski definition) is 3. The van der Waals surface area contributed by atoms with Gasteiger partial charge in [-0.2, -0.15) is 0 Å². The van der Waals surface area contributed by atoms with Crippen LogP contribution in [0, 0.1) is 5.82 Å². The van der Waals surface area contributed by atoms with Gasteiger partial charge in [0.15, 0.2) is 11.6 Å². The van der Waals surface area contributed by atoms with E-state index in [-0.39, 0.29) is 30.2 Å². The van der Waals surface area contributed by atoms with Gasteiger partial charge in [0.1, 0.15) is 6.10 Å². The third-order valence-electron chi connectivity index (χ3n) is 3.47. The summed E-state index contributed by atoms with van der Waals surface area (Å²) in [5, 5.41) is 5.44. The molecule has 1 atom stereocenters. The van der Waals surface area contributed by atoms with Gasteiger partial charge in [-0.1, -0.05) is 24.3 Å². The first-order valence-corrected chi connectivity index (χ1v) is 7.98. The first-order valence-electron chi connectivity index (χ1n) is 7.98. The number of hydrogen-bond donors (Lipinski definition) is 2. The fourth-order valence-corrected chi connectivity index (χ4v) is 2.14. The molecule has 0 spiro atoms. The van der Waals surface area contributed by atoms with Crippen LogP contribution in [0.25, 0.3) is 0 Å². The molecule has 0 radical (unpaired) electrons. The predicted molar refractivity (Wildman–Crippen MR) is 92.8 cm³/mol. The molecule has 0 fully saturated rings. The normalized spacial score (nSPS) is 11.5. The fourth-order valence-electron chi connectivity index (χ4n) is 2.14. The van der Waals surface area contributed by atoms with E-state index in [1.165, 1.54) is 13.0 Å². The number of para-hydroxylation sites is 1. The van der Waals surface area contributed by atoms with E-state index in [4.69, 9.17) is 4.74 Å². The van der Waals surface area contributed by atoms with Gasteiger partial charge >= 0.3 is 0 Å². The molecule has 132 valence electrons. The molecule has 1 unspecified atom stereocenters. The molecular weight excluding hydrogens is 323 g/mol. The number of benzene rings is 2. The molecule has 2 N–H and O–H groups in total. The van der Waals surface area contributed by atoms with Crippen LogP contribution in [0.1, 0.15) is 29.8 Å². The van der Waals surface area contributed by atoms with Gasteiger partial charge in [0.2, 0.25) is 5.91 Å². The highest BCUT2D eigenvalue weighted by Crippen LogP contribution is 2.16. The van der Waals surface area contributed by atoms with E-state index in [1.54, 1.807) is 49.4 Å². The van der Waals surface area contributed by atoms with Gasteiger partial charge in [-0.3, -0.25) is 9.59 Å². The van der Waals surface area contributed by atoms with Crippen LogP contribution in [0.2, 0.25) is 0 Å². The minimum absolute atomic E-state index is 0.106. The molecule has 5 nitrogen and oxygen atoms in total. The Morgan fingerprint density at radius 1 is 1.08 bits per heavy atom. The third-order valence-corrected chi connectivity index (χ3v) is 3.47. The highest BCUT2D eigenvalue weighted by atomic mass is 19.1. The summed E-state index contributed by atoms with van der Waals surface area (Å²) in [5.74, 6) is -0.622. The summed E-state index contributed by atoms with van der Waals surface area (Å²) in [6, 6.07) is 13.1. The Morgan fingerprint density at radius 3 is 2.40 bits per heavy atom. The van der Waals surface area contributed by atoms with E-state index in [9.17, 15) is 14.0 Å². The summed E-state index contributed by atoms with van der Waals surface area (Å²) in [4.78, 5) is 23.0. The molecule has 2 rings (SSSR count). The van der Waals surface area contributed by atoms with Crippen LogP contribution in [-0.4, -0.2) is 24.5 Å². The standard InChI is InChI=1S/C19H21FN2O3/c1-13(25-18-6-4-3-5-17(18)20)11-22-19(24)16-9-7-15(8-10-16)12-21-14(2)23/h3-10,13H,11-12H2,1-2H3,(H,21,23)(H,22,24). The van der Waals surface area contributed by atoms with E-state index in [1.807, 2.05) is 0 Å². The lowest BCUT2D eigenvalue weighted by molar-refractivity contribution is -0.119. The molecule has 0 saturated carbocycles.